The Kier molecular flexibility index (Phi) is 4.67. The Hall–Kier alpha value is -2.35. The Morgan fingerprint density at radius 3 is 2.96 bits per heavy atom. The van der Waals surface area contributed by atoms with E-state index in [-0.39, 0.29) is 23.6 Å². The molecule has 2 aromatic rings. The highest BCUT2D eigenvalue weighted by atomic mass is 32.2. The molecule has 0 spiro atoms. The Morgan fingerprint density at radius 1 is 1.23 bits per heavy atom. The molecule has 8 heteroatoms. The summed E-state index contributed by atoms with van der Waals surface area (Å²) in [5.74, 6) is 0.737. The maximum Gasteiger partial charge on any atom is 0.244 e. The Morgan fingerprint density at radius 2 is 2.08 bits per heavy atom. The first kappa shape index (κ1) is 17.1. The van der Waals surface area contributed by atoms with Crippen molar-refractivity contribution < 1.29 is 9.59 Å². The van der Waals surface area contributed by atoms with Gasteiger partial charge in [0.05, 0.1) is 16.6 Å². The van der Waals surface area contributed by atoms with Crippen molar-refractivity contribution in [2.75, 3.05) is 16.8 Å². The molecule has 2 aliphatic rings. The molecule has 4 rings (SSSR count). The number of hydrogen-bond donors (Lipinski definition) is 1. The zero-order valence-corrected chi connectivity index (χ0v) is 15.5. The van der Waals surface area contributed by atoms with Crippen molar-refractivity contribution in [3.05, 3.63) is 30.1 Å². The van der Waals surface area contributed by atoms with Gasteiger partial charge in [0, 0.05) is 13.0 Å². The minimum Gasteiger partial charge on any atom is -0.323 e. The highest BCUT2D eigenvalue weighted by Crippen LogP contribution is 2.32. The first-order chi connectivity index (χ1) is 12.6. The first-order valence-electron chi connectivity index (χ1n) is 8.92. The van der Waals surface area contributed by atoms with E-state index in [4.69, 9.17) is 0 Å². The maximum absolute atomic E-state index is 13.0. The third kappa shape index (κ3) is 3.21. The van der Waals surface area contributed by atoms with Gasteiger partial charge >= 0.3 is 0 Å². The lowest BCUT2D eigenvalue weighted by Crippen LogP contribution is -2.45. The second-order valence-electron chi connectivity index (χ2n) is 6.61. The smallest absolute Gasteiger partial charge is 0.244 e. The van der Waals surface area contributed by atoms with Gasteiger partial charge < -0.3 is 9.88 Å². The quantitative estimate of drug-likeness (QED) is 0.839. The molecule has 1 atom stereocenters. The average molecular weight is 371 g/mol. The summed E-state index contributed by atoms with van der Waals surface area (Å²) in [6.45, 7) is 2.81. The van der Waals surface area contributed by atoms with Gasteiger partial charge in [-0.3, -0.25) is 14.5 Å². The number of amides is 2. The topological polar surface area (TPSA) is 80.1 Å². The SMILES string of the molecule is CC(Sc1nnc2n1CCCCC2)C(=O)N1CC(=O)Nc2ccccc21. The summed E-state index contributed by atoms with van der Waals surface area (Å²) in [5.41, 5.74) is 1.41. The van der Waals surface area contributed by atoms with Crippen molar-refractivity contribution in [3.63, 3.8) is 0 Å². The fourth-order valence-corrected chi connectivity index (χ4v) is 4.36. The Labute approximate surface area is 156 Å². The van der Waals surface area contributed by atoms with Gasteiger partial charge in [-0.2, -0.15) is 0 Å². The molecule has 1 unspecified atom stereocenters. The van der Waals surface area contributed by atoms with Crippen LogP contribution in [0.5, 0.6) is 0 Å². The van der Waals surface area contributed by atoms with Gasteiger partial charge in [0.15, 0.2) is 5.16 Å². The minimum absolute atomic E-state index is 0.0404. The summed E-state index contributed by atoms with van der Waals surface area (Å²) in [6.07, 6.45) is 4.38. The van der Waals surface area contributed by atoms with Crippen molar-refractivity contribution in [3.8, 4) is 0 Å². The molecule has 1 N–H and O–H groups in total. The number of benzene rings is 1. The van der Waals surface area contributed by atoms with Crippen LogP contribution in [0, 0.1) is 0 Å². The van der Waals surface area contributed by atoms with Crippen LogP contribution in [0.4, 0.5) is 11.4 Å². The lowest BCUT2D eigenvalue weighted by atomic mass is 10.2. The van der Waals surface area contributed by atoms with E-state index in [9.17, 15) is 9.59 Å². The summed E-state index contributed by atoms with van der Waals surface area (Å²) >= 11 is 1.42. The molecule has 0 fully saturated rings. The van der Waals surface area contributed by atoms with Crippen LogP contribution in [0.15, 0.2) is 29.4 Å². The van der Waals surface area contributed by atoms with Crippen LogP contribution in [-0.2, 0) is 22.6 Å². The van der Waals surface area contributed by atoms with Crippen molar-refractivity contribution in [1.29, 1.82) is 0 Å². The number of hydrogen-bond acceptors (Lipinski definition) is 5. The van der Waals surface area contributed by atoms with E-state index in [0.717, 1.165) is 42.5 Å². The van der Waals surface area contributed by atoms with Crippen molar-refractivity contribution in [1.82, 2.24) is 14.8 Å². The molecule has 0 radical (unpaired) electrons. The number of carbonyl (C=O) groups excluding carboxylic acids is 2. The predicted octanol–water partition coefficient (Wildman–Crippen LogP) is 2.47. The van der Waals surface area contributed by atoms with Gasteiger partial charge in [-0.25, -0.2) is 0 Å². The number of thioether (sulfide) groups is 1. The predicted molar refractivity (Wildman–Crippen MR) is 100 cm³/mol. The highest BCUT2D eigenvalue weighted by Gasteiger charge is 2.31. The lowest BCUT2D eigenvalue weighted by Gasteiger charge is -2.30. The number of fused-ring (bicyclic) bond motifs is 2. The zero-order chi connectivity index (χ0) is 18.1. The molecule has 2 amide bonds. The molecular formula is C18H21N5O2S. The normalized spacial score (nSPS) is 17.7. The number of carbonyl (C=O) groups is 2. The summed E-state index contributed by atoms with van der Waals surface area (Å²) in [4.78, 5) is 26.6. The fraction of sp³-hybridized carbons (Fsp3) is 0.444. The summed E-state index contributed by atoms with van der Waals surface area (Å²) in [6, 6.07) is 7.37. The van der Waals surface area contributed by atoms with Crippen LogP contribution in [0.3, 0.4) is 0 Å². The molecule has 26 heavy (non-hydrogen) atoms. The second kappa shape index (κ2) is 7.11. The van der Waals surface area contributed by atoms with Gasteiger partial charge in [-0.05, 0) is 31.9 Å². The van der Waals surface area contributed by atoms with E-state index < -0.39 is 0 Å². The van der Waals surface area contributed by atoms with E-state index in [1.165, 1.54) is 18.2 Å². The molecular weight excluding hydrogens is 350 g/mol. The van der Waals surface area contributed by atoms with Gasteiger partial charge in [-0.1, -0.05) is 30.3 Å². The highest BCUT2D eigenvalue weighted by molar-refractivity contribution is 8.00. The number of nitrogens with one attached hydrogen (secondary N) is 1. The standard InChI is InChI=1S/C18H21N5O2S/c1-12(26-18-21-20-15-9-3-2-6-10-22(15)18)17(25)23-11-16(24)19-13-7-4-5-8-14(13)23/h4-5,7-8,12H,2-3,6,9-11H2,1H3,(H,19,24). The molecule has 0 aliphatic carbocycles. The number of anilines is 2. The summed E-state index contributed by atoms with van der Waals surface area (Å²) in [5, 5.41) is 11.8. The Balaban J connectivity index is 1.54. The number of aryl methyl sites for hydroxylation is 1. The van der Waals surface area contributed by atoms with E-state index in [1.807, 2.05) is 31.2 Å². The van der Waals surface area contributed by atoms with E-state index in [0.29, 0.717) is 5.69 Å². The molecule has 0 saturated carbocycles. The van der Waals surface area contributed by atoms with Crippen LogP contribution < -0.4 is 10.2 Å². The van der Waals surface area contributed by atoms with Crippen LogP contribution in [0.2, 0.25) is 0 Å². The van der Waals surface area contributed by atoms with Gasteiger partial charge in [0.25, 0.3) is 0 Å². The number of aromatic nitrogens is 3. The van der Waals surface area contributed by atoms with Crippen molar-refractivity contribution >= 4 is 35.0 Å². The largest absolute Gasteiger partial charge is 0.323 e. The van der Waals surface area contributed by atoms with Crippen LogP contribution in [0.25, 0.3) is 0 Å². The second-order valence-corrected chi connectivity index (χ2v) is 7.92. The van der Waals surface area contributed by atoms with Crippen LogP contribution >= 0.6 is 11.8 Å². The van der Waals surface area contributed by atoms with Gasteiger partial charge in [0.2, 0.25) is 11.8 Å². The third-order valence-corrected chi connectivity index (χ3v) is 5.81. The monoisotopic (exact) mass is 371 g/mol. The molecule has 1 aromatic heterocycles. The van der Waals surface area contributed by atoms with Gasteiger partial charge in [-0.15, -0.1) is 10.2 Å². The third-order valence-electron chi connectivity index (χ3n) is 4.74. The van der Waals surface area contributed by atoms with E-state index >= 15 is 0 Å². The summed E-state index contributed by atoms with van der Waals surface area (Å²) < 4.78 is 2.14. The van der Waals surface area contributed by atoms with Crippen LogP contribution in [-0.4, -0.2) is 38.4 Å². The molecule has 0 saturated heterocycles. The molecule has 1 aromatic carbocycles. The average Bonchev–Trinajstić information content (AvgIpc) is 2.87. The molecule has 136 valence electrons. The molecule has 2 aliphatic heterocycles. The van der Waals surface area contributed by atoms with Crippen LogP contribution in [0.1, 0.15) is 32.0 Å². The number of rotatable bonds is 3. The van der Waals surface area contributed by atoms with Crippen molar-refractivity contribution in [2.24, 2.45) is 0 Å². The minimum atomic E-state index is -0.356. The molecule has 7 nitrogen and oxygen atoms in total. The van der Waals surface area contributed by atoms with Crippen molar-refractivity contribution in [2.45, 2.75) is 49.6 Å². The first-order valence-corrected chi connectivity index (χ1v) is 9.80. The summed E-state index contributed by atoms with van der Waals surface area (Å²) in [7, 11) is 0. The molecule has 0 bridgehead atoms. The lowest BCUT2D eigenvalue weighted by molar-refractivity contribution is -0.121. The van der Waals surface area contributed by atoms with E-state index in [2.05, 4.69) is 20.1 Å². The maximum atomic E-state index is 13.0. The molecule has 3 heterocycles. The van der Waals surface area contributed by atoms with Gasteiger partial charge in [0.1, 0.15) is 12.4 Å². The number of para-hydroxylation sites is 2. The number of nitrogens with zero attached hydrogens (tertiary/aromatic N) is 4. The zero-order valence-electron chi connectivity index (χ0n) is 14.6. The Bertz CT molecular complexity index is 850. The fourth-order valence-electron chi connectivity index (χ4n) is 3.40. The van der Waals surface area contributed by atoms with E-state index in [1.54, 1.807) is 4.90 Å².